The van der Waals surface area contributed by atoms with Crippen LogP contribution in [0.3, 0.4) is 0 Å². The summed E-state index contributed by atoms with van der Waals surface area (Å²) in [6, 6.07) is 4.28. The molecule has 0 aromatic carbocycles. The second kappa shape index (κ2) is 4.10. The topological polar surface area (TPSA) is 36.7 Å². The van der Waals surface area contributed by atoms with Crippen molar-refractivity contribution in [2.75, 3.05) is 0 Å². The molecule has 1 rings (SSSR count). The van der Waals surface area contributed by atoms with Crippen molar-refractivity contribution in [3.05, 3.63) is 28.0 Å². The Morgan fingerprint density at radius 2 is 2.29 bits per heavy atom. The normalized spacial score (nSPS) is 14.5. The average Bonchev–Trinajstić information content (AvgIpc) is 2.21. The fraction of sp³-hybridized carbons (Fsp3) is 0.455. The minimum absolute atomic E-state index is 0.467. The van der Waals surface area contributed by atoms with Crippen LogP contribution in [0.15, 0.2) is 16.7 Å². The van der Waals surface area contributed by atoms with Crippen molar-refractivity contribution in [2.24, 2.45) is 0 Å². The van der Waals surface area contributed by atoms with E-state index in [9.17, 15) is 0 Å². The maximum Gasteiger partial charge on any atom is 0.0962 e. The van der Waals surface area contributed by atoms with E-state index in [-0.39, 0.29) is 0 Å². The molecule has 0 bridgehead atoms. The molecule has 0 aliphatic carbocycles. The number of pyridine rings is 1. The first kappa shape index (κ1) is 11.2. The zero-order valence-corrected chi connectivity index (χ0v) is 10.2. The van der Waals surface area contributed by atoms with Crippen molar-refractivity contribution in [1.29, 1.82) is 5.26 Å². The second-order valence-electron chi connectivity index (χ2n) is 3.62. The number of aryl methyl sites for hydroxylation is 1. The average molecular weight is 253 g/mol. The predicted molar refractivity (Wildman–Crippen MR) is 59.9 cm³/mol. The van der Waals surface area contributed by atoms with Crippen molar-refractivity contribution in [1.82, 2.24) is 4.98 Å². The van der Waals surface area contributed by atoms with Crippen LogP contribution in [0, 0.1) is 18.3 Å². The molecule has 0 aliphatic heterocycles. The van der Waals surface area contributed by atoms with Crippen LogP contribution in [-0.2, 0) is 5.41 Å². The molecule has 1 unspecified atom stereocenters. The Hall–Kier alpha value is -0.880. The zero-order chi connectivity index (χ0) is 10.8. The van der Waals surface area contributed by atoms with E-state index in [1.807, 2.05) is 26.8 Å². The lowest BCUT2D eigenvalue weighted by Gasteiger charge is -2.19. The Balaban J connectivity index is 3.21. The summed E-state index contributed by atoms with van der Waals surface area (Å²) in [4.78, 5) is 4.28. The molecule has 74 valence electrons. The zero-order valence-electron chi connectivity index (χ0n) is 8.63. The van der Waals surface area contributed by atoms with Crippen molar-refractivity contribution in [3.8, 4) is 6.07 Å². The third-order valence-electron chi connectivity index (χ3n) is 2.57. The monoisotopic (exact) mass is 252 g/mol. The van der Waals surface area contributed by atoms with Crippen molar-refractivity contribution < 1.29 is 0 Å². The molecule has 3 heteroatoms. The maximum absolute atomic E-state index is 9.10. The van der Waals surface area contributed by atoms with Gasteiger partial charge in [-0.15, -0.1) is 0 Å². The van der Waals surface area contributed by atoms with Gasteiger partial charge in [0.05, 0.1) is 17.2 Å². The lowest BCUT2D eigenvalue weighted by atomic mass is 9.85. The highest BCUT2D eigenvalue weighted by Gasteiger charge is 2.25. The standard InChI is InChI=1S/C11H13BrN2/c1-4-11(3,7-13)10-5-8(2)9(12)6-14-10/h5-6H,4H2,1-3H3. The van der Waals surface area contributed by atoms with Gasteiger partial charge in [-0.1, -0.05) is 6.92 Å². The molecular weight excluding hydrogens is 240 g/mol. The summed E-state index contributed by atoms with van der Waals surface area (Å²) in [5.74, 6) is 0. The first-order chi connectivity index (χ1) is 6.53. The summed E-state index contributed by atoms with van der Waals surface area (Å²) in [5.41, 5.74) is 1.50. The molecule has 14 heavy (non-hydrogen) atoms. The second-order valence-corrected chi connectivity index (χ2v) is 4.47. The molecule has 2 nitrogen and oxygen atoms in total. The summed E-state index contributed by atoms with van der Waals surface area (Å²) < 4.78 is 0.984. The SMILES string of the molecule is CCC(C)(C#N)c1cc(C)c(Br)cn1. The van der Waals surface area contributed by atoms with Gasteiger partial charge in [0.25, 0.3) is 0 Å². The van der Waals surface area contributed by atoms with E-state index in [0.717, 1.165) is 22.2 Å². The molecule has 1 aromatic rings. The summed E-state index contributed by atoms with van der Waals surface area (Å²) in [5, 5.41) is 9.10. The van der Waals surface area contributed by atoms with Crippen LogP contribution < -0.4 is 0 Å². The Kier molecular flexibility index (Phi) is 3.28. The van der Waals surface area contributed by atoms with E-state index in [4.69, 9.17) is 5.26 Å². The maximum atomic E-state index is 9.10. The van der Waals surface area contributed by atoms with Gasteiger partial charge in [0.15, 0.2) is 0 Å². The third kappa shape index (κ3) is 1.96. The molecule has 0 amide bonds. The van der Waals surface area contributed by atoms with Gasteiger partial charge in [0.1, 0.15) is 0 Å². The van der Waals surface area contributed by atoms with Crippen LogP contribution in [0.1, 0.15) is 31.5 Å². The number of nitrogens with zero attached hydrogens (tertiary/aromatic N) is 2. The molecule has 0 saturated carbocycles. The van der Waals surface area contributed by atoms with Crippen LogP contribution in [0.25, 0.3) is 0 Å². The molecular formula is C11H13BrN2. The Labute approximate surface area is 93.1 Å². The highest BCUT2D eigenvalue weighted by Crippen LogP contribution is 2.27. The lowest BCUT2D eigenvalue weighted by Crippen LogP contribution is -2.19. The van der Waals surface area contributed by atoms with E-state index in [2.05, 4.69) is 27.0 Å². The van der Waals surface area contributed by atoms with Gasteiger partial charge in [0, 0.05) is 10.7 Å². The van der Waals surface area contributed by atoms with E-state index in [1.165, 1.54) is 0 Å². The summed E-state index contributed by atoms with van der Waals surface area (Å²) in [6.45, 7) is 5.92. The van der Waals surface area contributed by atoms with Crippen LogP contribution >= 0.6 is 15.9 Å². The van der Waals surface area contributed by atoms with Crippen molar-refractivity contribution in [2.45, 2.75) is 32.6 Å². The van der Waals surface area contributed by atoms with E-state index in [0.29, 0.717) is 0 Å². The van der Waals surface area contributed by atoms with Crippen LogP contribution in [-0.4, -0.2) is 4.98 Å². The number of nitriles is 1. The van der Waals surface area contributed by atoms with E-state index >= 15 is 0 Å². The predicted octanol–water partition coefficient (Wildman–Crippen LogP) is 3.34. The molecule has 0 spiro atoms. The minimum Gasteiger partial charge on any atom is -0.258 e. The smallest absolute Gasteiger partial charge is 0.0962 e. The van der Waals surface area contributed by atoms with Gasteiger partial charge in [-0.2, -0.15) is 5.26 Å². The minimum atomic E-state index is -0.467. The number of hydrogen-bond donors (Lipinski definition) is 0. The first-order valence-corrected chi connectivity index (χ1v) is 5.36. The van der Waals surface area contributed by atoms with Gasteiger partial charge < -0.3 is 0 Å². The fourth-order valence-electron chi connectivity index (χ4n) is 1.16. The molecule has 0 N–H and O–H groups in total. The largest absolute Gasteiger partial charge is 0.258 e. The number of halogens is 1. The summed E-state index contributed by atoms with van der Waals surface area (Å²) >= 11 is 3.39. The molecule has 0 radical (unpaired) electrons. The van der Waals surface area contributed by atoms with Gasteiger partial charge in [-0.25, -0.2) is 0 Å². The van der Waals surface area contributed by atoms with Crippen molar-refractivity contribution >= 4 is 15.9 Å². The van der Waals surface area contributed by atoms with Gasteiger partial charge >= 0.3 is 0 Å². The molecule has 1 heterocycles. The van der Waals surface area contributed by atoms with E-state index in [1.54, 1.807) is 6.20 Å². The molecule has 0 fully saturated rings. The highest BCUT2D eigenvalue weighted by molar-refractivity contribution is 9.10. The van der Waals surface area contributed by atoms with E-state index < -0.39 is 5.41 Å². The van der Waals surface area contributed by atoms with Crippen molar-refractivity contribution in [3.63, 3.8) is 0 Å². The first-order valence-electron chi connectivity index (χ1n) is 4.57. The Bertz CT molecular complexity index is 381. The Morgan fingerprint density at radius 3 is 2.71 bits per heavy atom. The van der Waals surface area contributed by atoms with Crippen LogP contribution in [0.5, 0.6) is 0 Å². The molecule has 1 aromatic heterocycles. The van der Waals surface area contributed by atoms with Crippen LogP contribution in [0.2, 0.25) is 0 Å². The number of aromatic nitrogens is 1. The third-order valence-corrected chi connectivity index (χ3v) is 3.40. The summed E-state index contributed by atoms with van der Waals surface area (Å²) in [6.07, 6.45) is 2.54. The highest BCUT2D eigenvalue weighted by atomic mass is 79.9. The molecule has 1 atom stereocenters. The lowest BCUT2D eigenvalue weighted by molar-refractivity contribution is 0.567. The van der Waals surface area contributed by atoms with Gasteiger partial charge in [-0.05, 0) is 47.8 Å². The molecule has 0 saturated heterocycles. The molecule has 0 aliphatic rings. The van der Waals surface area contributed by atoms with Gasteiger partial charge in [-0.3, -0.25) is 4.98 Å². The summed E-state index contributed by atoms with van der Waals surface area (Å²) in [7, 11) is 0. The van der Waals surface area contributed by atoms with Crippen LogP contribution in [0.4, 0.5) is 0 Å². The number of hydrogen-bond acceptors (Lipinski definition) is 2. The Morgan fingerprint density at radius 1 is 1.64 bits per heavy atom. The van der Waals surface area contributed by atoms with Gasteiger partial charge in [0.2, 0.25) is 0 Å². The fourth-order valence-corrected chi connectivity index (χ4v) is 1.38. The number of rotatable bonds is 2. The quantitative estimate of drug-likeness (QED) is 0.810.